The van der Waals surface area contributed by atoms with E-state index in [1.807, 2.05) is 0 Å². The van der Waals surface area contributed by atoms with Gasteiger partial charge in [0.2, 0.25) is 0 Å². The largest absolute Gasteiger partial charge is 0.326 e. The number of nitrogens with zero attached hydrogens (tertiary/aromatic N) is 1. The summed E-state index contributed by atoms with van der Waals surface area (Å²) in [5, 5.41) is 0. The summed E-state index contributed by atoms with van der Waals surface area (Å²) in [6, 6.07) is 0. The van der Waals surface area contributed by atoms with Crippen LogP contribution in [0.2, 0.25) is 0 Å². The Labute approximate surface area is 107 Å². The van der Waals surface area contributed by atoms with Crippen LogP contribution in [0.25, 0.3) is 0 Å². The molecule has 1 nitrogen and oxygen atoms in total. The van der Waals surface area contributed by atoms with E-state index in [1.54, 1.807) is 5.57 Å². The number of likely N-dealkylation sites (tertiary alicyclic amines) is 1. The van der Waals surface area contributed by atoms with Gasteiger partial charge in [0, 0.05) is 5.92 Å². The lowest BCUT2D eigenvalue weighted by Gasteiger charge is -2.44. The molecule has 1 aliphatic heterocycles. The standard InChI is InChI=1S/C16H30N/c1-13-10-14(2)16(15(3)11-13)12-17(4)8-6-5-7-9-17/h10,14-16H,5-9,11-12H2,1-4H3/q+1/t14-,15-,16+/m0/s1. The van der Waals surface area contributed by atoms with Gasteiger partial charge in [0.15, 0.2) is 0 Å². The van der Waals surface area contributed by atoms with Gasteiger partial charge in [0.05, 0.1) is 26.7 Å². The lowest BCUT2D eigenvalue weighted by Crippen LogP contribution is -2.52. The molecule has 2 aliphatic rings. The van der Waals surface area contributed by atoms with Crippen LogP contribution < -0.4 is 0 Å². The summed E-state index contributed by atoms with van der Waals surface area (Å²) >= 11 is 0. The fourth-order valence-electron chi connectivity index (χ4n) is 4.13. The minimum Gasteiger partial charge on any atom is -0.326 e. The lowest BCUT2D eigenvalue weighted by molar-refractivity contribution is -0.918. The molecular weight excluding hydrogens is 206 g/mol. The van der Waals surface area contributed by atoms with Gasteiger partial charge >= 0.3 is 0 Å². The highest BCUT2D eigenvalue weighted by Gasteiger charge is 2.35. The third-order valence-corrected chi connectivity index (χ3v) is 5.15. The molecule has 0 N–H and O–H groups in total. The van der Waals surface area contributed by atoms with E-state index in [4.69, 9.17) is 0 Å². The van der Waals surface area contributed by atoms with Crippen LogP contribution in [0.4, 0.5) is 0 Å². The highest BCUT2D eigenvalue weighted by Crippen LogP contribution is 2.35. The predicted octanol–water partition coefficient (Wildman–Crippen LogP) is 3.86. The Kier molecular flexibility index (Phi) is 3.97. The van der Waals surface area contributed by atoms with Crippen LogP contribution in [0, 0.1) is 17.8 Å². The van der Waals surface area contributed by atoms with Crippen molar-refractivity contribution >= 4 is 0 Å². The van der Waals surface area contributed by atoms with Gasteiger partial charge < -0.3 is 4.48 Å². The molecule has 0 spiro atoms. The monoisotopic (exact) mass is 236 g/mol. The Balaban J connectivity index is 2.02. The Morgan fingerprint density at radius 3 is 2.41 bits per heavy atom. The predicted molar refractivity (Wildman–Crippen MR) is 74.8 cm³/mol. The van der Waals surface area contributed by atoms with Gasteiger partial charge in [0.1, 0.15) is 0 Å². The zero-order chi connectivity index (χ0) is 12.5. The smallest absolute Gasteiger partial charge is 0.0821 e. The first-order valence-corrected chi connectivity index (χ1v) is 7.51. The summed E-state index contributed by atoms with van der Waals surface area (Å²) in [7, 11) is 2.49. The first-order valence-electron chi connectivity index (χ1n) is 7.51. The quantitative estimate of drug-likeness (QED) is 0.504. The Morgan fingerprint density at radius 2 is 1.82 bits per heavy atom. The summed E-state index contributed by atoms with van der Waals surface area (Å²) < 4.78 is 1.34. The number of hydrogen-bond acceptors (Lipinski definition) is 0. The minimum absolute atomic E-state index is 0.788. The van der Waals surface area contributed by atoms with Crippen molar-refractivity contribution in [2.24, 2.45) is 17.8 Å². The average Bonchev–Trinajstić information content (AvgIpc) is 2.24. The van der Waals surface area contributed by atoms with Crippen molar-refractivity contribution in [1.29, 1.82) is 0 Å². The summed E-state index contributed by atoms with van der Waals surface area (Å²) in [5.41, 5.74) is 1.61. The summed E-state index contributed by atoms with van der Waals surface area (Å²) in [5.74, 6) is 2.57. The molecule has 0 saturated carbocycles. The van der Waals surface area contributed by atoms with Gasteiger partial charge in [-0.2, -0.15) is 0 Å². The van der Waals surface area contributed by atoms with Gasteiger partial charge in [-0.05, 0) is 44.4 Å². The van der Waals surface area contributed by atoms with E-state index in [0.29, 0.717) is 0 Å². The molecule has 17 heavy (non-hydrogen) atoms. The second-order valence-corrected chi connectivity index (χ2v) is 7.03. The van der Waals surface area contributed by atoms with E-state index in [9.17, 15) is 0 Å². The van der Waals surface area contributed by atoms with E-state index in [1.165, 1.54) is 49.8 Å². The molecule has 1 fully saturated rings. The van der Waals surface area contributed by atoms with Crippen LogP contribution in [0.5, 0.6) is 0 Å². The molecular formula is C16H30N+. The van der Waals surface area contributed by atoms with Crippen LogP contribution in [0.15, 0.2) is 11.6 Å². The lowest BCUT2D eigenvalue weighted by atomic mass is 9.74. The second kappa shape index (κ2) is 5.14. The van der Waals surface area contributed by atoms with Crippen molar-refractivity contribution in [2.75, 3.05) is 26.7 Å². The van der Waals surface area contributed by atoms with E-state index in [-0.39, 0.29) is 0 Å². The van der Waals surface area contributed by atoms with Crippen molar-refractivity contribution in [3.63, 3.8) is 0 Å². The van der Waals surface area contributed by atoms with Crippen LogP contribution in [0.1, 0.15) is 46.5 Å². The van der Waals surface area contributed by atoms with Crippen LogP contribution >= 0.6 is 0 Å². The van der Waals surface area contributed by atoms with Crippen molar-refractivity contribution in [3.8, 4) is 0 Å². The Bertz CT molecular complexity index is 286. The van der Waals surface area contributed by atoms with Crippen molar-refractivity contribution in [1.82, 2.24) is 0 Å². The molecule has 0 amide bonds. The zero-order valence-corrected chi connectivity index (χ0v) is 12.2. The average molecular weight is 236 g/mol. The highest BCUT2D eigenvalue weighted by atomic mass is 15.3. The van der Waals surface area contributed by atoms with Crippen LogP contribution in [0.3, 0.4) is 0 Å². The van der Waals surface area contributed by atoms with Gasteiger partial charge in [0.25, 0.3) is 0 Å². The molecule has 1 saturated heterocycles. The summed E-state index contributed by atoms with van der Waals surface area (Å²) in [4.78, 5) is 0. The first kappa shape index (κ1) is 13.1. The van der Waals surface area contributed by atoms with Crippen molar-refractivity contribution < 1.29 is 4.48 Å². The minimum atomic E-state index is 0.788. The van der Waals surface area contributed by atoms with Crippen LogP contribution in [-0.2, 0) is 0 Å². The van der Waals surface area contributed by atoms with Crippen LogP contribution in [-0.4, -0.2) is 31.2 Å². The van der Waals surface area contributed by atoms with Gasteiger partial charge in [-0.1, -0.05) is 25.5 Å². The summed E-state index contributed by atoms with van der Waals surface area (Å²) in [6.07, 6.45) is 8.21. The highest BCUT2D eigenvalue weighted by molar-refractivity contribution is 5.08. The molecule has 98 valence electrons. The second-order valence-electron chi connectivity index (χ2n) is 7.03. The molecule has 1 heteroatoms. The maximum atomic E-state index is 2.53. The van der Waals surface area contributed by atoms with E-state index in [2.05, 4.69) is 33.9 Å². The van der Waals surface area contributed by atoms with Gasteiger partial charge in [-0.3, -0.25) is 0 Å². The number of rotatable bonds is 2. The fraction of sp³-hybridized carbons (Fsp3) is 0.875. The molecule has 0 aromatic carbocycles. The van der Waals surface area contributed by atoms with Crippen molar-refractivity contribution in [2.45, 2.75) is 46.5 Å². The molecule has 0 aromatic rings. The number of quaternary nitrogens is 1. The summed E-state index contributed by atoms with van der Waals surface area (Å²) in [6.45, 7) is 11.4. The maximum Gasteiger partial charge on any atom is 0.0821 e. The first-order chi connectivity index (χ1) is 8.00. The van der Waals surface area contributed by atoms with E-state index >= 15 is 0 Å². The third-order valence-electron chi connectivity index (χ3n) is 5.15. The third kappa shape index (κ3) is 3.13. The number of piperidine rings is 1. The molecule has 2 rings (SSSR count). The molecule has 1 aliphatic carbocycles. The van der Waals surface area contributed by atoms with E-state index < -0.39 is 0 Å². The Hall–Kier alpha value is -0.300. The molecule has 3 atom stereocenters. The molecule has 0 unspecified atom stereocenters. The number of allylic oxidation sites excluding steroid dienone is 2. The topological polar surface area (TPSA) is 0 Å². The van der Waals surface area contributed by atoms with Gasteiger partial charge in [-0.15, -0.1) is 0 Å². The van der Waals surface area contributed by atoms with E-state index in [0.717, 1.165) is 17.8 Å². The Morgan fingerprint density at radius 1 is 1.18 bits per heavy atom. The molecule has 0 bridgehead atoms. The fourth-order valence-corrected chi connectivity index (χ4v) is 4.13. The normalized spacial score (nSPS) is 37.6. The molecule has 1 heterocycles. The molecule has 0 radical (unpaired) electrons. The van der Waals surface area contributed by atoms with Gasteiger partial charge in [-0.25, -0.2) is 0 Å². The molecule has 0 aromatic heterocycles. The van der Waals surface area contributed by atoms with Crippen molar-refractivity contribution in [3.05, 3.63) is 11.6 Å². The zero-order valence-electron chi connectivity index (χ0n) is 12.2. The number of hydrogen-bond donors (Lipinski definition) is 0. The maximum absolute atomic E-state index is 2.53. The SMILES string of the molecule is CC1=C[C@H](C)[C@@H](C[N+]2(C)CCCCC2)[C@@H](C)C1.